The highest BCUT2D eigenvalue weighted by Gasteiger charge is 2.21. The van der Waals surface area contributed by atoms with Crippen molar-refractivity contribution in [2.45, 2.75) is 45.9 Å². The van der Waals surface area contributed by atoms with Gasteiger partial charge in [-0.15, -0.1) is 10.2 Å². The second-order valence-electron chi connectivity index (χ2n) is 8.83. The molecular formula is C26H28N8O3. The van der Waals surface area contributed by atoms with E-state index in [9.17, 15) is 9.59 Å². The third kappa shape index (κ3) is 4.60. The highest BCUT2D eigenvalue weighted by molar-refractivity contribution is 5.80. The van der Waals surface area contributed by atoms with Crippen molar-refractivity contribution in [2.24, 2.45) is 0 Å². The van der Waals surface area contributed by atoms with Crippen LogP contribution in [0.25, 0.3) is 33.7 Å². The second kappa shape index (κ2) is 10.3. The largest absolute Gasteiger partial charge is 0.361 e. The zero-order chi connectivity index (χ0) is 25.9. The maximum Gasteiger partial charge on any atom is 0.332 e. The van der Waals surface area contributed by atoms with E-state index < -0.39 is 17.5 Å². The average molecular weight is 501 g/mol. The number of nitrogens with one attached hydrogen (secondary N) is 2. The summed E-state index contributed by atoms with van der Waals surface area (Å²) in [5.74, 6) is 1.29. The molecule has 0 saturated heterocycles. The summed E-state index contributed by atoms with van der Waals surface area (Å²) in [6.07, 6.45) is 2.01. The molecule has 0 amide bonds. The lowest BCUT2D eigenvalue weighted by Gasteiger charge is -2.13. The molecule has 2 aromatic carbocycles. The average Bonchev–Trinajstić information content (AvgIpc) is 3.57. The summed E-state index contributed by atoms with van der Waals surface area (Å²) in [5.41, 5.74) is 3.57. The molecule has 11 nitrogen and oxygen atoms in total. The number of ether oxygens (including phenoxy) is 1. The molecule has 0 saturated carbocycles. The maximum atomic E-state index is 13.0. The van der Waals surface area contributed by atoms with E-state index in [1.54, 1.807) is 6.92 Å². The summed E-state index contributed by atoms with van der Waals surface area (Å²) in [4.78, 5) is 32.7. The Labute approximate surface area is 212 Å². The van der Waals surface area contributed by atoms with Crippen LogP contribution in [0.5, 0.6) is 0 Å². The molecule has 37 heavy (non-hydrogen) atoms. The van der Waals surface area contributed by atoms with Crippen molar-refractivity contribution in [3.63, 3.8) is 0 Å². The van der Waals surface area contributed by atoms with Crippen molar-refractivity contribution in [2.75, 3.05) is 7.11 Å². The van der Waals surface area contributed by atoms with E-state index in [1.807, 2.05) is 53.1 Å². The molecular weight excluding hydrogens is 472 g/mol. The fraction of sp³-hybridized carbons (Fsp3) is 0.308. The van der Waals surface area contributed by atoms with Crippen LogP contribution in [0.2, 0.25) is 0 Å². The van der Waals surface area contributed by atoms with Crippen LogP contribution in [0.4, 0.5) is 0 Å². The molecule has 5 aromatic rings. The number of hydrogen-bond donors (Lipinski definition) is 2. The van der Waals surface area contributed by atoms with Gasteiger partial charge >= 0.3 is 5.69 Å². The molecule has 0 aliphatic rings. The van der Waals surface area contributed by atoms with E-state index in [0.717, 1.165) is 40.9 Å². The predicted molar refractivity (Wildman–Crippen MR) is 139 cm³/mol. The molecule has 190 valence electrons. The summed E-state index contributed by atoms with van der Waals surface area (Å²) in [6, 6.07) is 16.0. The smallest absolute Gasteiger partial charge is 0.332 e. The molecule has 0 aliphatic carbocycles. The van der Waals surface area contributed by atoms with Gasteiger partial charge in [0, 0.05) is 25.6 Å². The number of rotatable bonds is 9. The molecule has 5 rings (SSSR count). The third-order valence-corrected chi connectivity index (χ3v) is 6.49. The second-order valence-corrected chi connectivity index (χ2v) is 8.83. The molecule has 0 fully saturated rings. The SMILES string of the molecule is CCCCc1nc2c(c(=O)[nH]c(=O)n2C(C)OC)n1Cc1ccc(-c2ccccc2-c2nn[nH]n2)cc1. The first kappa shape index (κ1) is 24.3. The first-order valence-electron chi connectivity index (χ1n) is 12.2. The summed E-state index contributed by atoms with van der Waals surface area (Å²) in [6.45, 7) is 4.29. The normalized spacial score (nSPS) is 12.3. The fourth-order valence-electron chi connectivity index (χ4n) is 4.51. The van der Waals surface area contributed by atoms with Gasteiger partial charge in [0.25, 0.3) is 5.56 Å². The number of imidazole rings is 1. The van der Waals surface area contributed by atoms with Crippen LogP contribution in [0.1, 0.15) is 44.3 Å². The van der Waals surface area contributed by atoms with Gasteiger partial charge in [0.15, 0.2) is 11.2 Å². The van der Waals surface area contributed by atoms with Crippen molar-refractivity contribution < 1.29 is 4.74 Å². The number of unbranched alkanes of at least 4 members (excludes halogenated alkanes) is 1. The Morgan fingerprint density at radius 3 is 2.49 bits per heavy atom. The third-order valence-electron chi connectivity index (χ3n) is 6.49. The molecule has 3 heterocycles. The summed E-state index contributed by atoms with van der Waals surface area (Å²) < 4.78 is 8.68. The van der Waals surface area contributed by atoms with E-state index in [-0.39, 0.29) is 0 Å². The predicted octanol–water partition coefficient (Wildman–Crippen LogP) is 3.29. The number of nitrogens with zero attached hydrogens (tertiary/aromatic N) is 6. The number of methoxy groups -OCH3 is 1. The lowest BCUT2D eigenvalue weighted by atomic mass is 9.98. The maximum absolute atomic E-state index is 13.0. The van der Waals surface area contributed by atoms with Gasteiger partial charge < -0.3 is 9.30 Å². The van der Waals surface area contributed by atoms with Crippen LogP contribution in [0.3, 0.4) is 0 Å². The van der Waals surface area contributed by atoms with Crippen LogP contribution < -0.4 is 11.2 Å². The fourth-order valence-corrected chi connectivity index (χ4v) is 4.51. The molecule has 0 aliphatic heterocycles. The Hall–Kier alpha value is -4.38. The molecule has 11 heteroatoms. The van der Waals surface area contributed by atoms with Gasteiger partial charge in [-0.3, -0.25) is 9.78 Å². The van der Waals surface area contributed by atoms with Gasteiger partial charge in [0.1, 0.15) is 12.1 Å². The summed E-state index contributed by atoms with van der Waals surface area (Å²) in [7, 11) is 1.52. The zero-order valence-corrected chi connectivity index (χ0v) is 20.9. The molecule has 1 atom stereocenters. The Bertz CT molecular complexity index is 1630. The number of aromatic nitrogens is 8. The Morgan fingerprint density at radius 1 is 1.05 bits per heavy atom. The van der Waals surface area contributed by atoms with Crippen molar-refractivity contribution >= 4 is 11.2 Å². The van der Waals surface area contributed by atoms with Crippen LogP contribution in [-0.2, 0) is 17.7 Å². The van der Waals surface area contributed by atoms with Crippen LogP contribution >= 0.6 is 0 Å². The topological polar surface area (TPSA) is 136 Å². The Morgan fingerprint density at radius 2 is 1.81 bits per heavy atom. The van der Waals surface area contributed by atoms with Crippen molar-refractivity contribution in [3.05, 3.63) is 80.8 Å². The number of aromatic amines is 2. The van der Waals surface area contributed by atoms with Crippen LogP contribution in [-0.4, -0.2) is 46.8 Å². The molecule has 0 radical (unpaired) electrons. The number of hydrogen-bond acceptors (Lipinski definition) is 7. The van der Waals surface area contributed by atoms with Gasteiger partial charge in [0.05, 0.1) is 0 Å². The minimum atomic E-state index is -0.576. The molecule has 3 aromatic heterocycles. The molecule has 1 unspecified atom stereocenters. The highest BCUT2D eigenvalue weighted by Crippen LogP contribution is 2.30. The Kier molecular flexibility index (Phi) is 6.78. The standard InChI is InChI=1S/C26H28N8O3/c1-4-5-10-21-27-24-22(25(35)28-26(36)34(24)16(2)37-3)33(21)15-17-11-13-18(14-12-17)19-8-6-7-9-20(19)23-29-31-32-30-23/h6-9,11-14,16H,4-5,10,15H2,1-3H3,(H,28,35,36)(H,29,30,31,32). The number of benzene rings is 2. The quantitative estimate of drug-likeness (QED) is 0.317. The van der Waals surface area contributed by atoms with E-state index in [4.69, 9.17) is 9.72 Å². The van der Waals surface area contributed by atoms with Crippen molar-refractivity contribution in [1.29, 1.82) is 0 Å². The highest BCUT2D eigenvalue weighted by atomic mass is 16.5. The lowest BCUT2D eigenvalue weighted by Crippen LogP contribution is -2.33. The summed E-state index contributed by atoms with van der Waals surface area (Å²) >= 11 is 0. The molecule has 2 N–H and O–H groups in total. The Balaban J connectivity index is 1.56. The molecule has 0 bridgehead atoms. The monoisotopic (exact) mass is 500 g/mol. The van der Waals surface area contributed by atoms with Crippen LogP contribution in [0, 0.1) is 0 Å². The van der Waals surface area contributed by atoms with E-state index in [0.29, 0.717) is 30.0 Å². The number of aryl methyl sites for hydroxylation is 1. The van der Waals surface area contributed by atoms with Gasteiger partial charge in [-0.25, -0.2) is 14.3 Å². The molecule has 0 spiro atoms. The van der Waals surface area contributed by atoms with Gasteiger partial charge in [-0.1, -0.05) is 61.9 Å². The van der Waals surface area contributed by atoms with Crippen molar-refractivity contribution in [1.82, 2.24) is 39.7 Å². The summed E-state index contributed by atoms with van der Waals surface area (Å²) in [5, 5.41) is 14.4. The minimum absolute atomic E-state index is 0.333. The lowest BCUT2D eigenvalue weighted by molar-refractivity contribution is 0.0597. The number of H-pyrrole nitrogens is 2. The van der Waals surface area contributed by atoms with E-state index >= 15 is 0 Å². The van der Waals surface area contributed by atoms with Gasteiger partial charge in [-0.05, 0) is 35.2 Å². The van der Waals surface area contributed by atoms with E-state index in [1.165, 1.54) is 11.7 Å². The van der Waals surface area contributed by atoms with Gasteiger partial charge in [-0.2, -0.15) is 5.21 Å². The van der Waals surface area contributed by atoms with Crippen molar-refractivity contribution in [3.8, 4) is 22.5 Å². The number of tetrazole rings is 1. The van der Waals surface area contributed by atoms with Gasteiger partial charge in [0.2, 0.25) is 5.82 Å². The zero-order valence-electron chi connectivity index (χ0n) is 20.9. The number of fused-ring (bicyclic) bond motifs is 1. The van der Waals surface area contributed by atoms with E-state index in [2.05, 4.69) is 32.5 Å². The first-order valence-corrected chi connectivity index (χ1v) is 12.2. The van der Waals surface area contributed by atoms with Crippen LogP contribution in [0.15, 0.2) is 58.1 Å². The minimum Gasteiger partial charge on any atom is -0.361 e. The first-order chi connectivity index (χ1) is 18.0.